The molecule has 0 bridgehead atoms. The number of imide groups is 1. The van der Waals surface area contributed by atoms with E-state index in [1.165, 1.54) is 19.1 Å². The first-order valence-corrected chi connectivity index (χ1v) is 7.52. The number of fused-ring (bicyclic) bond motifs is 1. The maximum atomic E-state index is 12.6. The predicted molar refractivity (Wildman–Crippen MR) is 81.6 cm³/mol. The summed E-state index contributed by atoms with van der Waals surface area (Å²) in [6.07, 6.45) is 0.473. The van der Waals surface area contributed by atoms with E-state index in [4.69, 9.17) is 4.84 Å². The Balaban J connectivity index is 1.92. The van der Waals surface area contributed by atoms with Crippen LogP contribution in [0.5, 0.6) is 0 Å². The molecule has 8 nitrogen and oxygen atoms in total. The average Bonchev–Trinajstić information content (AvgIpc) is 2.90. The molecule has 2 heterocycles. The van der Waals surface area contributed by atoms with Gasteiger partial charge in [-0.3, -0.25) is 29.3 Å². The minimum absolute atomic E-state index is 0.153. The van der Waals surface area contributed by atoms with Crippen molar-refractivity contribution < 1.29 is 24.0 Å². The van der Waals surface area contributed by atoms with Crippen molar-refractivity contribution in [3.8, 4) is 0 Å². The van der Waals surface area contributed by atoms with E-state index < -0.39 is 11.9 Å². The van der Waals surface area contributed by atoms with E-state index >= 15 is 0 Å². The van der Waals surface area contributed by atoms with Crippen LogP contribution in [0.4, 0.5) is 0 Å². The molecule has 3 rings (SSSR count). The van der Waals surface area contributed by atoms with Crippen LogP contribution in [-0.2, 0) is 21.0 Å². The Bertz CT molecular complexity index is 745. The number of carbonyl (C=O) groups excluding carboxylic acids is 4. The fourth-order valence-corrected chi connectivity index (χ4v) is 3.04. The number of hydrogen-bond acceptors (Lipinski definition) is 5. The van der Waals surface area contributed by atoms with E-state index in [1.807, 2.05) is 0 Å². The summed E-state index contributed by atoms with van der Waals surface area (Å²) in [7, 11) is 2.86. The molecule has 1 atom stereocenters. The van der Waals surface area contributed by atoms with Crippen LogP contribution in [0.3, 0.4) is 0 Å². The summed E-state index contributed by atoms with van der Waals surface area (Å²) < 4.78 is 0. The lowest BCUT2D eigenvalue weighted by Crippen LogP contribution is -2.52. The molecule has 1 unspecified atom stereocenters. The van der Waals surface area contributed by atoms with Crippen molar-refractivity contribution in [3.63, 3.8) is 0 Å². The number of amides is 4. The van der Waals surface area contributed by atoms with Gasteiger partial charge in [0.05, 0.1) is 7.11 Å². The summed E-state index contributed by atoms with van der Waals surface area (Å²) in [4.78, 5) is 54.7. The number of nitrogens with one attached hydrogen (secondary N) is 1. The number of hydroxylamine groups is 2. The van der Waals surface area contributed by atoms with Gasteiger partial charge in [-0.1, -0.05) is 6.07 Å². The quantitative estimate of drug-likeness (QED) is 0.625. The molecule has 0 spiro atoms. The SMILES string of the molecule is CON(C)C(=O)c1cccc2c1CN(C1CCC(=O)NC1=O)C2=O. The highest BCUT2D eigenvalue weighted by Gasteiger charge is 2.40. The van der Waals surface area contributed by atoms with Gasteiger partial charge in [0.2, 0.25) is 11.8 Å². The highest BCUT2D eigenvalue weighted by Crippen LogP contribution is 2.30. The van der Waals surface area contributed by atoms with Gasteiger partial charge < -0.3 is 4.90 Å². The van der Waals surface area contributed by atoms with Gasteiger partial charge in [0.15, 0.2) is 0 Å². The lowest BCUT2D eigenvalue weighted by atomic mass is 10.0. The summed E-state index contributed by atoms with van der Waals surface area (Å²) in [5.41, 5.74) is 1.33. The summed E-state index contributed by atoms with van der Waals surface area (Å²) in [6.45, 7) is 0.153. The van der Waals surface area contributed by atoms with E-state index in [-0.39, 0.29) is 37.1 Å². The zero-order chi connectivity index (χ0) is 17.4. The fourth-order valence-electron chi connectivity index (χ4n) is 3.04. The van der Waals surface area contributed by atoms with Gasteiger partial charge in [-0.25, -0.2) is 5.06 Å². The Morgan fingerprint density at radius 2 is 2.08 bits per heavy atom. The monoisotopic (exact) mass is 331 g/mol. The molecule has 24 heavy (non-hydrogen) atoms. The molecule has 0 aromatic heterocycles. The number of benzene rings is 1. The predicted octanol–water partition coefficient (Wildman–Crippen LogP) is 0.0810. The zero-order valence-corrected chi connectivity index (χ0v) is 13.4. The molecule has 2 aliphatic heterocycles. The fraction of sp³-hybridized carbons (Fsp3) is 0.375. The molecule has 0 aliphatic carbocycles. The van der Waals surface area contributed by atoms with Crippen LogP contribution in [-0.4, -0.2) is 53.8 Å². The molecule has 1 aromatic rings. The summed E-state index contributed by atoms with van der Waals surface area (Å²) >= 11 is 0. The first kappa shape index (κ1) is 16.1. The lowest BCUT2D eigenvalue weighted by molar-refractivity contribution is -0.136. The molecular weight excluding hydrogens is 314 g/mol. The van der Waals surface area contributed by atoms with E-state index in [1.54, 1.807) is 18.2 Å². The first-order valence-electron chi connectivity index (χ1n) is 7.52. The molecule has 1 N–H and O–H groups in total. The molecule has 0 radical (unpaired) electrons. The van der Waals surface area contributed by atoms with E-state index in [0.29, 0.717) is 16.7 Å². The third-order valence-electron chi connectivity index (χ3n) is 4.37. The standard InChI is InChI=1S/C16H17N3O5/c1-18(24-2)15(22)9-4-3-5-10-11(9)8-19(16(10)23)12-6-7-13(20)17-14(12)21/h3-5,12H,6-8H2,1-2H3,(H,17,20,21). The molecule has 0 saturated carbocycles. The van der Waals surface area contributed by atoms with Crippen LogP contribution in [0.2, 0.25) is 0 Å². The van der Waals surface area contributed by atoms with Crippen molar-refractivity contribution in [1.82, 2.24) is 15.3 Å². The summed E-state index contributed by atoms with van der Waals surface area (Å²) in [5, 5.41) is 3.33. The maximum absolute atomic E-state index is 12.6. The van der Waals surface area contributed by atoms with E-state index in [2.05, 4.69) is 5.32 Å². The minimum Gasteiger partial charge on any atom is -0.322 e. The van der Waals surface area contributed by atoms with Gasteiger partial charge in [-0.15, -0.1) is 0 Å². The number of rotatable bonds is 3. The molecule has 1 saturated heterocycles. The smallest absolute Gasteiger partial charge is 0.277 e. The topological polar surface area (TPSA) is 96.0 Å². The van der Waals surface area contributed by atoms with Crippen LogP contribution in [0.15, 0.2) is 18.2 Å². The summed E-state index contributed by atoms with van der Waals surface area (Å²) in [5.74, 6) is -1.49. The molecule has 2 aliphatic rings. The largest absolute Gasteiger partial charge is 0.322 e. The summed E-state index contributed by atoms with van der Waals surface area (Å²) in [6, 6.07) is 4.18. The molecule has 4 amide bonds. The van der Waals surface area contributed by atoms with E-state index in [9.17, 15) is 19.2 Å². The van der Waals surface area contributed by atoms with Gasteiger partial charge in [0.1, 0.15) is 6.04 Å². The van der Waals surface area contributed by atoms with Gasteiger partial charge in [-0.05, 0) is 24.1 Å². The van der Waals surface area contributed by atoms with Gasteiger partial charge >= 0.3 is 0 Å². The Labute approximate surface area is 138 Å². The Hall–Kier alpha value is -2.74. The Morgan fingerprint density at radius 1 is 1.33 bits per heavy atom. The maximum Gasteiger partial charge on any atom is 0.277 e. The molecule has 8 heteroatoms. The number of piperidine rings is 1. The van der Waals surface area contributed by atoms with Crippen molar-refractivity contribution in [1.29, 1.82) is 0 Å². The second-order valence-electron chi connectivity index (χ2n) is 5.72. The van der Waals surface area contributed by atoms with Crippen molar-refractivity contribution >= 4 is 23.6 Å². The van der Waals surface area contributed by atoms with Crippen LogP contribution in [0.25, 0.3) is 0 Å². The molecule has 126 valence electrons. The van der Waals surface area contributed by atoms with Crippen LogP contribution >= 0.6 is 0 Å². The first-order chi connectivity index (χ1) is 11.4. The second kappa shape index (κ2) is 6.04. The van der Waals surface area contributed by atoms with Gasteiger partial charge in [0, 0.05) is 31.1 Å². The lowest BCUT2D eigenvalue weighted by Gasteiger charge is -2.29. The van der Waals surface area contributed by atoms with Crippen molar-refractivity contribution in [2.75, 3.05) is 14.2 Å². The number of hydrogen-bond donors (Lipinski definition) is 1. The molecule has 1 fully saturated rings. The highest BCUT2D eigenvalue weighted by atomic mass is 16.7. The number of carbonyl (C=O) groups is 4. The average molecular weight is 331 g/mol. The van der Waals surface area contributed by atoms with Gasteiger partial charge in [0.25, 0.3) is 11.8 Å². The van der Waals surface area contributed by atoms with Crippen molar-refractivity contribution in [2.24, 2.45) is 0 Å². The third kappa shape index (κ3) is 2.54. The second-order valence-corrected chi connectivity index (χ2v) is 5.72. The highest BCUT2D eigenvalue weighted by molar-refractivity contribution is 6.07. The number of nitrogens with zero attached hydrogens (tertiary/aromatic N) is 2. The van der Waals surface area contributed by atoms with Crippen LogP contribution in [0, 0.1) is 0 Å². The van der Waals surface area contributed by atoms with E-state index in [0.717, 1.165) is 5.06 Å². The minimum atomic E-state index is -0.703. The van der Waals surface area contributed by atoms with Crippen LogP contribution < -0.4 is 5.32 Å². The van der Waals surface area contributed by atoms with Crippen molar-refractivity contribution in [2.45, 2.75) is 25.4 Å². The third-order valence-corrected chi connectivity index (χ3v) is 4.37. The Kier molecular flexibility index (Phi) is 4.06. The molecular formula is C16H17N3O5. The van der Waals surface area contributed by atoms with Gasteiger partial charge in [-0.2, -0.15) is 0 Å². The Morgan fingerprint density at radius 3 is 2.75 bits per heavy atom. The normalized spacial score (nSPS) is 20.0. The molecule has 1 aromatic carbocycles. The zero-order valence-electron chi connectivity index (χ0n) is 13.4. The van der Waals surface area contributed by atoms with Crippen LogP contribution in [0.1, 0.15) is 39.1 Å². The van der Waals surface area contributed by atoms with Crippen molar-refractivity contribution in [3.05, 3.63) is 34.9 Å².